The summed E-state index contributed by atoms with van der Waals surface area (Å²) in [4.78, 5) is 10.9. The Hall–Kier alpha value is -0.470. The largest absolute Gasteiger partial charge is 0.464 e. The van der Waals surface area contributed by atoms with E-state index in [-0.39, 0.29) is 12.5 Å². The third-order valence-corrected chi connectivity index (χ3v) is 2.26. The van der Waals surface area contributed by atoms with Crippen molar-refractivity contribution in [1.82, 2.24) is 5.09 Å². The van der Waals surface area contributed by atoms with E-state index in [0.29, 0.717) is 12.5 Å². The minimum atomic E-state index is -0.651. The zero-order chi connectivity index (χ0) is 10.1. The molecule has 0 aromatic rings. The van der Waals surface area contributed by atoms with Crippen LogP contribution in [0.2, 0.25) is 0 Å². The lowest BCUT2D eigenvalue weighted by Gasteiger charge is -2.11. The molecule has 0 aliphatic carbocycles. The normalized spacial score (nSPS) is 10.7. The van der Waals surface area contributed by atoms with E-state index in [1.807, 2.05) is 0 Å². The molecule has 0 heterocycles. The minimum Gasteiger partial charge on any atom is -0.464 e. The van der Waals surface area contributed by atoms with Crippen molar-refractivity contribution in [2.75, 3.05) is 13.2 Å². The van der Waals surface area contributed by atoms with Crippen LogP contribution in [0.15, 0.2) is 0 Å². The summed E-state index contributed by atoms with van der Waals surface area (Å²) in [7, 11) is -0.651. The molecule has 0 aromatic carbocycles. The molecule has 0 saturated heterocycles. The van der Waals surface area contributed by atoms with Crippen LogP contribution >= 0.6 is 8.61 Å². The molecule has 0 saturated carbocycles. The Morgan fingerprint density at radius 1 is 1.46 bits per heavy atom. The van der Waals surface area contributed by atoms with Crippen molar-refractivity contribution in [3.8, 4) is 0 Å². The fourth-order valence-corrected chi connectivity index (χ4v) is 1.11. The van der Waals surface area contributed by atoms with Crippen LogP contribution in [0.5, 0.6) is 0 Å². The highest BCUT2D eigenvalue weighted by atomic mass is 31.1. The smallest absolute Gasteiger partial charge is 0.320 e. The Balaban J connectivity index is 3.49. The third kappa shape index (κ3) is 6.67. The number of esters is 1. The van der Waals surface area contributed by atoms with Gasteiger partial charge in [0.05, 0.1) is 6.61 Å². The molecule has 1 atom stereocenters. The van der Waals surface area contributed by atoms with Crippen LogP contribution < -0.4 is 5.09 Å². The van der Waals surface area contributed by atoms with Crippen molar-refractivity contribution < 1.29 is 14.1 Å². The summed E-state index contributed by atoms with van der Waals surface area (Å²) < 4.78 is 14.9. The number of carbonyl (C=O) groups excluding carboxylic acids is 1. The quantitative estimate of drug-likeness (QED) is 0.506. The minimum absolute atomic E-state index is 0.0299. The van der Waals surface area contributed by atoms with Crippen LogP contribution in [0.4, 0.5) is 0 Å². The Morgan fingerprint density at radius 2 is 2.08 bits per heavy atom. The molecule has 0 spiro atoms. The fraction of sp³-hybridized carbons (Fsp3) is 0.875. The zero-order valence-electron chi connectivity index (χ0n) is 8.13. The van der Waals surface area contributed by atoms with Crippen LogP contribution in [0.3, 0.4) is 0 Å². The number of rotatable bonds is 7. The predicted molar refractivity (Wildman–Crippen MR) is 52.0 cm³/mol. The first-order valence-electron chi connectivity index (χ1n) is 4.50. The van der Waals surface area contributed by atoms with E-state index in [1.54, 1.807) is 0 Å². The molecule has 0 bridgehead atoms. The number of hydrogen-bond acceptors (Lipinski definition) is 3. The molecule has 1 N–H and O–H groups in total. The van der Waals surface area contributed by atoms with Gasteiger partial charge in [-0.25, -0.2) is 5.09 Å². The molecule has 0 amide bonds. The molecule has 0 rings (SSSR count). The van der Waals surface area contributed by atoms with Crippen LogP contribution in [0, 0.1) is 5.92 Å². The van der Waals surface area contributed by atoms with Crippen molar-refractivity contribution in [2.24, 2.45) is 5.92 Å². The van der Waals surface area contributed by atoms with E-state index >= 15 is 0 Å². The van der Waals surface area contributed by atoms with Crippen LogP contribution in [0.25, 0.3) is 0 Å². The highest BCUT2D eigenvalue weighted by Gasteiger charge is 2.07. The maximum atomic E-state index is 10.9. The second-order valence-corrected chi connectivity index (χ2v) is 3.38. The van der Waals surface area contributed by atoms with Gasteiger partial charge in [0, 0.05) is 0 Å². The molecular weight excluding hydrogens is 189 g/mol. The highest BCUT2D eigenvalue weighted by Crippen LogP contribution is 2.07. The van der Waals surface area contributed by atoms with E-state index in [1.165, 1.54) is 0 Å². The van der Waals surface area contributed by atoms with Gasteiger partial charge in [0.2, 0.25) is 0 Å². The number of ether oxygens (including phenoxy) is 1. The third-order valence-electron chi connectivity index (χ3n) is 1.94. The molecular formula is C8H17NO3P. The van der Waals surface area contributed by atoms with Crippen LogP contribution in [0.1, 0.15) is 26.7 Å². The van der Waals surface area contributed by atoms with Gasteiger partial charge >= 0.3 is 5.97 Å². The summed E-state index contributed by atoms with van der Waals surface area (Å²) >= 11 is 0. The number of hydrogen-bond donors (Lipinski definition) is 1. The van der Waals surface area contributed by atoms with Gasteiger partial charge in [-0.3, -0.25) is 9.36 Å². The van der Waals surface area contributed by atoms with Gasteiger partial charge in [-0.05, 0) is 5.92 Å². The van der Waals surface area contributed by atoms with E-state index in [2.05, 4.69) is 18.9 Å². The number of carbonyl (C=O) groups is 1. The summed E-state index contributed by atoms with van der Waals surface area (Å²) in [5.74, 6) is 0.105. The second-order valence-electron chi connectivity index (χ2n) is 2.82. The SMILES string of the molecule is CCC(CC)COC(=O)CN[PH]=O. The Bertz CT molecular complexity index is 159. The summed E-state index contributed by atoms with van der Waals surface area (Å²) in [6.45, 7) is 4.64. The zero-order valence-corrected chi connectivity index (χ0v) is 9.13. The second kappa shape index (κ2) is 8.14. The lowest BCUT2D eigenvalue weighted by molar-refractivity contribution is -0.143. The summed E-state index contributed by atoms with van der Waals surface area (Å²) in [5, 5.41) is 2.41. The van der Waals surface area contributed by atoms with E-state index in [4.69, 9.17) is 4.74 Å². The van der Waals surface area contributed by atoms with Gasteiger partial charge in [0.15, 0.2) is 0 Å². The highest BCUT2D eigenvalue weighted by molar-refractivity contribution is 7.21. The standard InChI is InChI=1S/C8H17NO3P/c1-3-7(4-2)6-12-8(10)5-9-13-11/h7,13H,3-6H2,1-2H3,(H,9,11). The van der Waals surface area contributed by atoms with Gasteiger partial charge in [-0.1, -0.05) is 26.7 Å². The van der Waals surface area contributed by atoms with Crippen molar-refractivity contribution in [2.45, 2.75) is 26.7 Å². The van der Waals surface area contributed by atoms with Crippen molar-refractivity contribution in [3.05, 3.63) is 0 Å². The van der Waals surface area contributed by atoms with Crippen LogP contribution in [-0.2, 0) is 14.1 Å². The molecule has 77 valence electrons. The van der Waals surface area contributed by atoms with Gasteiger partial charge in [0.1, 0.15) is 15.2 Å². The first kappa shape index (κ1) is 12.5. The Kier molecular flexibility index (Phi) is 7.85. The Labute approximate surface area is 80.3 Å². The topological polar surface area (TPSA) is 55.4 Å². The van der Waals surface area contributed by atoms with Gasteiger partial charge in [-0.2, -0.15) is 0 Å². The summed E-state index contributed by atoms with van der Waals surface area (Å²) in [6, 6.07) is 0. The monoisotopic (exact) mass is 206 g/mol. The molecule has 4 nitrogen and oxygen atoms in total. The average Bonchev–Trinajstić information content (AvgIpc) is 2.16. The molecule has 1 unspecified atom stereocenters. The van der Waals surface area contributed by atoms with Crippen LogP contribution in [-0.4, -0.2) is 19.1 Å². The van der Waals surface area contributed by atoms with Gasteiger partial charge in [-0.15, -0.1) is 0 Å². The molecule has 0 aliphatic heterocycles. The molecule has 1 radical (unpaired) electrons. The lowest BCUT2D eigenvalue weighted by atomic mass is 10.1. The average molecular weight is 206 g/mol. The van der Waals surface area contributed by atoms with Crippen molar-refractivity contribution in [1.29, 1.82) is 0 Å². The molecule has 0 aromatic heterocycles. The predicted octanol–water partition coefficient (Wildman–Crippen LogP) is 1.49. The first-order valence-corrected chi connectivity index (χ1v) is 5.41. The van der Waals surface area contributed by atoms with Gasteiger partial charge in [0.25, 0.3) is 0 Å². The van der Waals surface area contributed by atoms with E-state index in [0.717, 1.165) is 12.8 Å². The maximum absolute atomic E-state index is 10.9. The summed E-state index contributed by atoms with van der Waals surface area (Å²) in [5.41, 5.74) is 0. The molecule has 13 heavy (non-hydrogen) atoms. The van der Waals surface area contributed by atoms with Crippen molar-refractivity contribution in [3.63, 3.8) is 0 Å². The summed E-state index contributed by atoms with van der Waals surface area (Å²) in [6.07, 6.45) is 2.03. The molecule has 0 fully saturated rings. The lowest BCUT2D eigenvalue weighted by Crippen LogP contribution is -2.20. The van der Waals surface area contributed by atoms with E-state index in [9.17, 15) is 9.36 Å². The fourth-order valence-electron chi connectivity index (χ4n) is 0.894. The number of nitrogens with one attached hydrogen (secondary N) is 1. The van der Waals surface area contributed by atoms with E-state index < -0.39 is 8.61 Å². The van der Waals surface area contributed by atoms with Crippen molar-refractivity contribution >= 4 is 14.6 Å². The molecule has 5 heteroatoms. The Morgan fingerprint density at radius 3 is 2.54 bits per heavy atom. The van der Waals surface area contributed by atoms with Gasteiger partial charge < -0.3 is 4.74 Å². The first-order chi connectivity index (χ1) is 6.24. The maximum Gasteiger partial charge on any atom is 0.320 e. The molecule has 0 aliphatic rings.